The van der Waals surface area contributed by atoms with Gasteiger partial charge in [-0.25, -0.2) is 19.8 Å². The van der Waals surface area contributed by atoms with E-state index in [4.69, 9.17) is 14.7 Å². The van der Waals surface area contributed by atoms with Crippen LogP contribution < -0.4 is 20.3 Å². The number of nitrogens with one attached hydrogen (secondary N) is 2. The van der Waals surface area contributed by atoms with Gasteiger partial charge in [0.1, 0.15) is 18.0 Å². The van der Waals surface area contributed by atoms with Crippen molar-refractivity contribution in [1.82, 2.24) is 15.4 Å². The summed E-state index contributed by atoms with van der Waals surface area (Å²) in [6, 6.07) is 9.39. The third-order valence-corrected chi connectivity index (χ3v) is 3.96. The standard InChI is InChI=1S/C19H19FN4O4/c1-27-16-10-15-14(9-17(16)28-8-2-3-18(25)24-26)19(22-11-21-15)23-13-6-4-12(20)5-7-13/h4-7,9-11,26H,2-3,8H2,1H3,(H,24,25)(H,21,22,23). The molecule has 146 valence electrons. The molecule has 0 unspecified atom stereocenters. The number of carbonyl (C=O) groups is 1. The van der Waals surface area contributed by atoms with Crippen molar-refractivity contribution in [2.75, 3.05) is 19.0 Å². The Morgan fingerprint density at radius 3 is 2.68 bits per heavy atom. The van der Waals surface area contributed by atoms with Crippen molar-refractivity contribution in [3.63, 3.8) is 0 Å². The van der Waals surface area contributed by atoms with E-state index in [9.17, 15) is 9.18 Å². The van der Waals surface area contributed by atoms with Crippen molar-refractivity contribution >= 4 is 28.3 Å². The predicted octanol–water partition coefficient (Wildman–Crippen LogP) is 3.19. The van der Waals surface area contributed by atoms with E-state index in [2.05, 4.69) is 15.3 Å². The Morgan fingerprint density at radius 1 is 1.18 bits per heavy atom. The number of methoxy groups -OCH3 is 1. The maximum Gasteiger partial charge on any atom is 0.243 e. The van der Waals surface area contributed by atoms with Crippen LogP contribution in [0.1, 0.15) is 12.8 Å². The number of hydrogen-bond acceptors (Lipinski definition) is 7. The highest BCUT2D eigenvalue weighted by Gasteiger charge is 2.12. The third kappa shape index (κ3) is 4.63. The molecule has 0 saturated carbocycles. The van der Waals surface area contributed by atoms with Crippen LogP contribution in [0.2, 0.25) is 0 Å². The van der Waals surface area contributed by atoms with Crippen LogP contribution in [0.4, 0.5) is 15.9 Å². The molecule has 0 aliphatic heterocycles. The van der Waals surface area contributed by atoms with Gasteiger partial charge in [-0.2, -0.15) is 0 Å². The molecule has 1 heterocycles. The monoisotopic (exact) mass is 386 g/mol. The van der Waals surface area contributed by atoms with Gasteiger partial charge in [-0.1, -0.05) is 0 Å². The molecule has 8 nitrogen and oxygen atoms in total. The molecule has 0 atom stereocenters. The van der Waals surface area contributed by atoms with Gasteiger partial charge in [0.2, 0.25) is 5.91 Å². The summed E-state index contributed by atoms with van der Waals surface area (Å²) in [5.74, 6) is 0.687. The number of halogens is 1. The van der Waals surface area contributed by atoms with Crippen LogP contribution in [-0.4, -0.2) is 34.8 Å². The van der Waals surface area contributed by atoms with Gasteiger partial charge in [0.15, 0.2) is 11.5 Å². The van der Waals surface area contributed by atoms with E-state index in [1.165, 1.54) is 25.6 Å². The fraction of sp³-hybridized carbons (Fsp3) is 0.211. The second-order valence-electron chi connectivity index (χ2n) is 5.86. The van der Waals surface area contributed by atoms with E-state index in [0.29, 0.717) is 40.3 Å². The van der Waals surface area contributed by atoms with Crippen LogP contribution in [0, 0.1) is 5.82 Å². The van der Waals surface area contributed by atoms with E-state index in [1.807, 2.05) is 0 Å². The highest BCUT2D eigenvalue weighted by molar-refractivity contribution is 5.93. The van der Waals surface area contributed by atoms with Gasteiger partial charge in [-0.05, 0) is 36.8 Å². The fourth-order valence-electron chi connectivity index (χ4n) is 2.58. The summed E-state index contributed by atoms with van der Waals surface area (Å²) < 4.78 is 24.2. The van der Waals surface area contributed by atoms with Gasteiger partial charge in [-0.3, -0.25) is 10.0 Å². The zero-order valence-electron chi connectivity index (χ0n) is 15.1. The average Bonchev–Trinajstić information content (AvgIpc) is 2.72. The average molecular weight is 386 g/mol. The summed E-state index contributed by atoms with van der Waals surface area (Å²) in [5.41, 5.74) is 2.89. The molecule has 1 aromatic heterocycles. The van der Waals surface area contributed by atoms with Crippen molar-refractivity contribution in [3.05, 3.63) is 48.5 Å². The zero-order valence-corrected chi connectivity index (χ0v) is 15.1. The van der Waals surface area contributed by atoms with Crippen molar-refractivity contribution in [3.8, 4) is 11.5 Å². The SMILES string of the molecule is COc1cc2ncnc(Nc3ccc(F)cc3)c2cc1OCCCC(=O)NO. The molecule has 0 aliphatic carbocycles. The molecule has 0 fully saturated rings. The molecule has 3 rings (SSSR count). The van der Waals surface area contributed by atoms with Gasteiger partial charge in [-0.15, -0.1) is 0 Å². The highest BCUT2D eigenvalue weighted by atomic mass is 19.1. The van der Waals surface area contributed by atoms with Crippen molar-refractivity contribution in [1.29, 1.82) is 0 Å². The molecule has 0 bridgehead atoms. The van der Waals surface area contributed by atoms with Crippen LogP contribution in [0.5, 0.6) is 11.5 Å². The van der Waals surface area contributed by atoms with E-state index < -0.39 is 5.91 Å². The number of hydroxylamine groups is 1. The van der Waals surface area contributed by atoms with E-state index in [0.717, 1.165) is 0 Å². The Kier molecular flexibility index (Phi) is 6.18. The number of ether oxygens (including phenoxy) is 2. The lowest BCUT2D eigenvalue weighted by Crippen LogP contribution is -2.18. The molecule has 0 aliphatic rings. The first-order chi connectivity index (χ1) is 13.6. The molecule has 0 spiro atoms. The summed E-state index contributed by atoms with van der Waals surface area (Å²) in [5, 5.41) is 12.3. The van der Waals surface area contributed by atoms with Crippen LogP contribution in [0.25, 0.3) is 10.9 Å². The fourth-order valence-corrected chi connectivity index (χ4v) is 2.58. The molecule has 3 N–H and O–H groups in total. The van der Waals surface area contributed by atoms with Gasteiger partial charge < -0.3 is 14.8 Å². The number of nitrogens with zero attached hydrogens (tertiary/aromatic N) is 2. The van der Waals surface area contributed by atoms with Gasteiger partial charge >= 0.3 is 0 Å². The number of rotatable bonds is 8. The zero-order chi connectivity index (χ0) is 19.9. The smallest absolute Gasteiger partial charge is 0.243 e. The van der Waals surface area contributed by atoms with E-state index in [1.54, 1.807) is 29.7 Å². The first-order valence-corrected chi connectivity index (χ1v) is 8.52. The molecular formula is C19H19FN4O4. The van der Waals surface area contributed by atoms with Crippen LogP contribution in [-0.2, 0) is 4.79 Å². The predicted molar refractivity (Wildman–Crippen MR) is 100 cm³/mol. The first-order valence-electron chi connectivity index (χ1n) is 8.52. The van der Waals surface area contributed by atoms with E-state index in [-0.39, 0.29) is 18.8 Å². The Bertz CT molecular complexity index is 966. The topological polar surface area (TPSA) is 106 Å². The molecule has 0 radical (unpaired) electrons. The summed E-state index contributed by atoms with van der Waals surface area (Å²) in [4.78, 5) is 19.6. The Hall–Kier alpha value is -3.46. The number of hydrogen-bond donors (Lipinski definition) is 3. The van der Waals surface area contributed by atoms with Crippen molar-refractivity contribution in [2.24, 2.45) is 0 Å². The number of fused-ring (bicyclic) bond motifs is 1. The number of benzene rings is 2. The minimum atomic E-state index is -0.478. The molecule has 3 aromatic rings. The second kappa shape index (κ2) is 8.96. The Balaban J connectivity index is 1.85. The minimum Gasteiger partial charge on any atom is -0.493 e. The molecule has 1 amide bonds. The maximum atomic E-state index is 13.1. The molecule has 0 saturated heterocycles. The van der Waals surface area contributed by atoms with Crippen LogP contribution >= 0.6 is 0 Å². The Morgan fingerprint density at radius 2 is 1.96 bits per heavy atom. The summed E-state index contributed by atoms with van der Waals surface area (Å²) in [6.45, 7) is 0.254. The second-order valence-corrected chi connectivity index (χ2v) is 5.86. The largest absolute Gasteiger partial charge is 0.493 e. The summed E-state index contributed by atoms with van der Waals surface area (Å²) >= 11 is 0. The number of amides is 1. The Labute approximate surface area is 160 Å². The lowest BCUT2D eigenvalue weighted by Gasteiger charge is -2.14. The van der Waals surface area contributed by atoms with Gasteiger partial charge in [0, 0.05) is 23.6 Å². The minimum absolute atomic E-state index is 0.132. The highest BCUT2D eigenvalue weighted by Crippen LogP contribution is 2.34. The molecule has 28 heavy (non-hydrogen) atoms. The quantitative estimate of drug-likeness (QED) is 0.310. The van der Waals surface area contributed by atoms with Gasteiger partial charge in [0.05, 0.1) is 19.2 Å². The third-order valence-electron chi connectivity index (χ3n) is 3.96. The normalized spacial score (nSPS) is 10.5. The summed E-state index contributed by atoms with van der Waals surface area (Å²) in [6.07, 6.45) is 1.97. The molecule has 2 aromatic carbocycles. The lowest BCUT2D eigenvalue weighted by atomic mass is 10.2. The first kappa shape index (κ1) is 19.3. The maximum absolute atomic E-state index is 13.1. The molecular weight excluding hydrogens is 367 g/mol. The number of anilines is 2. The van der Waals surface area contributed by atoms with Crippen LogP contribution in [0.3, 0.4) is 0 Å². The summed E-state index contributed by atoms with van der Waals surface area (Å²) in [7, 11) is 1.52. The van der Waals surface area contributed by atoms with Crippen molar-refractivity contribution < 1.29 is 23.9 Å². The van der Waals surface area contributed by atoms with E-state index >= 15 is 0 Å². The van der Waals surface area contributed by atoms with Crippen LogP contribution in [0.15, 0.2) is 42.7 Å². The number of aromatic nitrogens is 2. The lowest BCUT2D eigenvalue weighted by molar-refractivity contribution is -0.129. The van der Waals surface area contributed by atoms with Gasteiger partial charge in [0.25, 0.3) is 0 Å². The molecule has 9 heteroatoms. The number of carbonyl (C=O) groups excluding carboxylic acids is 1. The van der Waals surface area contributed by atoms with Crippen molar-refractivity contribution in [2.45, 2.75) is 12.8 Å².